The van der Waals surface area contributed by atoms with Crippen molar-refractivity contribution in [3.05, 3.63) is 39.6 Å². The van der Waals surface area contributed by atoms with Gasteiger partial charge < -0.3 is 5.11 Å². The van der Waals surface area contributed by atoms with Gasteiger partial charge in [-0.2, -0.15) is 5.26 Å². The fraction of sp³-hybridized carbons (Fsp3) is 0.294. The number of carbonyl (C=O) groups is 1. The van der Waals surface area contributed by atoms with E-state index in [9.17, 15) is 4.79 Å². The summed E-state index contributed by atoms with van der Waals surface area (Å²) in [4.78, 5) is 15.0. The number of carboxylic acid groups (broad SMARTS) is 1. The van der Waals surface area contributed by atoms with Crippen LogP contribution in [0.2, 0.25) is 0 Å². The lowest BCUT2D eigenvalue weighted by atomic mass is 10.2. The second-order valence-corrected chi connectivity index (χ2v) is 5.99. The Bertz CT molecular complexity index is 660. The molecule has 2 aromatic rings. The fourth-order valence-electron chi connectivity index (χ4n) is 1.41. The molecule has 118 valence electrons. The first kappa shape index (κ1) is 20.1. The Hall–Kier alpha value is -1.90. The van der Waals surface area contributed by atoms with E-state index in [2.05, 4.69) is 0 Å². The third kappa shape index (κ3) is 5.84. The normalized spacial score (nSPS) is 9.73. The predicted octanol–water partition coefficient (Wildman–Crippen LogP) is 5.83. The largest absolute Gasteiger partial charge is 0.477 e. The molecular formula is C17H21NO2S2. The van der Waals surface area contributed by atoms with Crippen molar-refractivity contribution in [2.75, 3.05) is 0 Å². The Balaban J connectivity index is 0.00000102. The molecule has 0 aliphatic carbocycles. The molecule has 3 nitrogen and oxygen atoms in total. The zero-order valence-electron chi connectivity index (χ0n) is 13.5. The third-order valence-electron chi connectivity index (χ3n) is 2.25. The zero-order valence-corrected chi connectivity index (χ0v) is 15.1. The van der Waals surface area contributed by atoms with Gasteiger partial charge in [-0.1, -0.05) is 27.7 Å². The van der Waals surface area contributed by atoms with Gasteiger partial charge in [-0.15, -0.1) is 22.7 Å². The quantitative estimate of drug-likeness (QED) is 0.567. The molecule has 0 atom stereocenters. The van der Waals surface area contributed by atoms with Crippen molar-refractivity contribution in [2.45, 2.75) is 34.6 Å². The van der Waals surface area contributed by atoms with Crippen LogP contribution < -0.4 is 0 Å². The second-order valence-electron chi connectivity index (χ2n) is 3.59. The second kappa shape index (κ2) is 10.8. The van der Waals surface area contributed by atoms with E-state index in [1.54, 1.807) is 17.4 Å². The van der Waals surface area contributed by atoms with Crippen LogP contribution in [0.5, 0.6) is 0 Å². The number of rotatable bonds is 3. The number of hydrogen-bond acceptors (Lipinski definition) is 4. The van der Waals surface area contributed by atoms with E-state index >= 15 is 0 Å². The minimum Gasteiger partial charge on any atom is -0.477 e. The number of aliphatic carboxylic acids is 1. The van der Waals surface area contributed by atoms with E-state index in [1.807, 2.05) is 58.9 Å². The summed E-state index contributed by atoms with van der Waals surface area (Å²) >= 11 is 3.17. The van der Waals surface area contributed by atoms with Gasteiger partial charge in [-0.25, -0.2) is 4.79 Å². The van der Waals surface area contributed by atoms with Gasteiger partial charge in [0.25, 0.3) is 0 Å². The lowest BCUT2D eigenvalue weighted by Crippen LogP contribution is -1.96. The van der Waals surface area contributed by atoms with Crippen LogP contribution in [0, 0.1) is 18.3 Å². The molecular weight excluding hydrogens is 314 g/mol. The van der Waals surface area contributed by atoms with Crippen molar-refractivity contribution in [3.63, 3.8) is 0 Å². The van der Waals surface area contributed by atoms with Crippen LogP contribution in [0.25, 0.3) is 15.8 Å². The van der Waals surface area contributed by atoms with E-state index in [0.717, 1.165) is 14.6 Å². The summed E-state index contributed by atoms with van der Waals surface area (Å²) < 4.78 is 0. The lowest BCUT2D eigenvalue weighted by molar-refractivity contribution is -0.132. The van der Waals surface area contributed by atoms with Crippen LogP contribution in [0.1, 0.15) is 37.4 Å². The highest BCUT2D eigenvalue weighted by Crippen LogP contribution is 2.34. The van der Waals surface area contributed by atoms with Crippen LogP contribution in [-0.4, -0.2) is 11.1 Å². The van der Waals surface area contributed by atoms with Gasteiger partial charge in [0.15, 0.2) is 0 Å². The Morgan fingerprint density at radius 1 is 1.09 bits per heavy atom. The van der Waals surface area contributed by atoms with Gasteiger partial charge in [0, 0.05) is 19.5 Å². The highest BCUT2D eigenvalue weighted by molar-refractivity contribution is 7.22. The SMILES string of the molecule is CC.CC.Cc1ccc(-c2ccc(C=C(C#N)C(=O)O)s2)s1. The Morgan fingerprint density at radius 2 is 1.64 bits per heavy atom. The molecule has 0 fully saturated rings. The van der Waals surface area contributed by atoms with E-state index in [0.29, 0.717) is 0 Å². The maximum atomic E-state index is 10.7. The molecule has 0 saturated heterocycles. The Kier molecular flexibility index (Phi) is 9.84. The maximum Gasteiger partial charge on any atom is 0.346 e. The molecule has 0 amide bonds. The molecule has 0 unspecified atom stereocenters. The minimum atomic E-state index is -1.19. The molecule has 0 bridgehead atoms. The molecule has 1 N–H and O–H groups in total. The molecule has 0 radical (unpaired) electrons. The summed E-state index contributed by atoms with van der Waals surface area (Å²) in [6.45, 7) is 10.0. The highest BCUT2D eigenvalue weighted by Gasteiger charge is 2.08. The van der Waals surface area contributed by atoms with Crippen molar-refractivity contribution < 1.29 is 9.90 Å². The number of thiophene rings is 2. The number of carboxylic acids is 1. The molecule has 0 spiro atoms. The van der Waals surface area contributed by atoms with Crippen LogP contribution in [0.3, 0.4) is 0 Å². The van der Waals surface area contributed by atoms with Crippen LogP contribution >= 0.6 is 22.7 Å². The van der Waals surface area contributed by atoms with Gasteiger partial charge in [-0.3, -0.25) is 0 Å². The predicted molar refractivity (Wildman–Crippen MR) is 96.3 cm³/mol. The first-order valence-corrected chi connectivity index (χ1v) is 8.75. The molecule has 0 aromatic carbocycles. The van der Waals surface area contributed by atoms with Crippen LogP contribution in [-0.2, 0) is 4.79 Å². The van der Waals surface area contributed by atoms with Crippen molar-refractivity contribution in [2.24, 2.45) is 0 Å². The molecule has 5 heteroatoms. The number of aryl methyl sites for hydroxylation is 1. The summed E-state index contributed by atoms with van der Waals surface area (Å²) in [7, 11) is 0. The molecule has 22 heavy (non-hydrogen) atoms. The summed E-state index contributed by atoms with van der Waals surface area (Å²) in [5, 5.41) is 17.5. The number of nitriles is 1. The monoisotopic (exact) mass is 335 g/mol. The average molecular weight is 335 g/mol. The molecule has 2 aromatic heterocycles. The summed E-state index contributed by atoms with van der Waals surface area (Å²) in [5.41, 5.74) is -0.245. The van der Waals surface area contributed by atoms with Gasteiger partial charge >= 0.3 is 5.97 Å². The number of hydrogen-bond donors (Lipinski definition) is 1. The van der Waals surface area contributed by atoms with Gasteiger partial charge in [0.2, 0.25) is 0 Å². The molecule has 2 heterocycles. The van der Waals surface area contributed by atoms with Gasteiger partial charge in [0.05, 0.1) is 0 Å². The van der Waals surface area contributed by atoms with E-state index in [-0.39, 0.29) is 5.57 Å². The third-order valence-corrected chi connectivity index (χ3v) is 4.48. The molecule has 0 saturated carbocycles. The average Bonchev–Trinajstić information content (AvgIpc) is 3.17. The van der Waals surface area contributed by atoms with Crippen LogP contribution in [0.15, 0.2) is 29.8 Å². The smallest absolute Gasteiger partial charge is 0.346 e. The summed E-state index contributed by atoms with van der Waals surface area (Å²) in [6, 6.07) is 9.54. The van der Waals surface area contributed by atoms with Crippen molar-refractivity contribution in [3.8, 4) is 15.8 Å². The topological polar surface area (TPSA) is 61.1 Å². The van der Waals surface area contributed by atoms with Crippen molar-refractivity contribution in [1.82, 2.24) is 0 Å². The lowest BCUT2D eigenvalue weighted by Gasteiger charge is -1.89. The Morgan fingerprint density at radius 3 is 2.09 bits per heavy atom. The van der Waals surface area contributed by atoms with E-state index < -0.39 is 5.97 Å². The first-order valence-electron chi connectivity index (χ1n) is 7.12. The fourth-order valence-corrected chi connectivity index (χ4v) is 3.32. The first-order chi connectivity index (χ1) is 10.6. The minimum absolute atomic E-state index is 0.245. The maximum absolute atomic E-state index is 10.7. The summed E-state index contributed by atoms with van der Waals surface area (Å²) in [6.07, 6.45) is 1.40. The molecule has 2 rings (SSSR count). The Labute approximate surface area is 140 Å². The number of nitrogens with zero attached hydrogens (tertiary/aromatic N) is 1. The standard InChI is InChI=1S/C13H9NO2S2.2C2H6/c1-8-2-4-11(17-8)12-5-3-10(18-12)6-9(7-14)13(15)16;2*1-2/h2-6H,1H3,(H,15,16);2*1-2H3. The van der Waals surface area contributed by atoms with Gasteiger partial charge in [-0.05, 0) is 37.3 Å². The van der Waals surface area contributed by atoms with E-state index in [1.165, 1.54) is 22.3 Å². The van der Waals surface area contributed by atoms with Gasteiger partial charge in [0.1, 0.15) is 11.6 Å². The van der Waals surface area contributed by atoms with E-state index in [4.69, 9.17) is 10.4 Å². The highest BCUT2D eigenvalue weighted by atomic mass is 32.1. The van der Waals surface area contributed by atoms with Crippen LogP contribution in [0.4, 0.5) is 0 Å². The van der Waals surface area contributed by atoms with Crippen molar-refractivity contribution >= 4 is 34.7 Å². The summed E-state index contributed by atoms with van der Waals surface area (Å²) in [5.74, 6) is -1.19. The zero-order chi connectivity index (χ0) is 17.1. The molecule has 0 aliphatic heterocycles. The van der Waals surface area contributed by atoms with Crippen molar-refractivity contribution in [1.29, 1.82) is 5.26 Å². The molecule has 0 aliphatic rings.